The molecular weight excluding hydrogens is 436 g/mol. The van der Waals surface area contributed by atoms with Crippen LogP contribution in [0.15, 0.2) is 67.0 Å². The van der Waals surface area contributed by atoms with Crippen molar-refractivity contribution in [2.75, 3.05) is 38.5 Å². The van der Waals surface area contributed by atoms with Gasteiger partial charge in [-0.15, -0.1) is 0 Å². The minimum absolute atomic E-state index is 0.574. The van der Waals surface area contributed by atoms with Gasteiger partial charge in [0.1, 0.15) is 23.2 Å². The van der Waals surface area contributed by atoms with Crippen molar-refractivity contribution < 1.29 is 0 Å². The number of benzene rings is 1. The average Bonchev–Trinajstić information content (AvgIpc) is 2.86. The van der Waals surface area contributed by atoms with E-state index in [1.165, 1.54) is 11.1 Å². The topological polar surface area (TPSA) is 83.0 Å². The van der Waals surface area contributed by atoms with E-state index in [1.807, 2.05) is 37.3 Å². The highest BCUT2D eigenvalue weighted by Gasteiger charge is 2.14. The number of likely N-dealkylation sites (N-methyl/N-ethyl adjacent to an activating group) is 1. The molecule has 1 fully saturated rings. The Bertz CT molecular complexity index is 1280. The second-order valence-corrected chi connectivity index (χ2v) is 8.99. The van der Waals surface area contributed by atoms with Crippen molar-refractivity contribution in [1.29, 1.82) is 0 Å². The molecule has 0 bridgehead atoms. The lowest BCUT2D eigenvalue weighted by Gasteiger charge is -2.32. The van der Waals surface area contributed by atoms with Gasteiger partial charge in [-0.2, -0.15) is 0 Å². The van der Waals surface area contributed by atoms with Crippen molar-refractivity contribution in [1.82, 2.24) is 34.7 Å². The van der Waals surface area contributed by atoms with E-state index >= 15 is 0 Å². The quantitative estimate of drug-likeness (QED) is 0.441. The van der Waals surface area contributed by atoms with Gasteiger partial charge in [-0.3, -0.25) is 4.90 Å². The summed E-state index contributed by atoms with van der Waals surface area (Å²) in [5.74, 6) is 2.70. The molecule has 1 aromatic carbocycles. The van der Waals surface area contributed by atoms with Crippen LogP contribution in [0.1, 0.15) is 22.6 Å². The van der Waals surface area contributed by atoms with Gasteiger partial charge in [0.05, 0.1) is 0 Å². The summed E-state index contributed by atoms with van der Waals surface area (Å²) in [4.78, 5) is 27.6. The fourth-order valence-electron chi connectivity index (χ4n) is 4.19. The Kier molecular flexibility index (Phi) is 7.02. The van der Waals surface area contributed by atoms with E-state index in [4.69, 9.17) is 4.98 Å². The van der Waals surface area contributed by atoms with Gasteiger partial charge in [-0.25, -0.2) is 24.9 Å². The van der Waals surface area contributed by atoms with Crippen molar-refractivity contribution in [2.24, 2.45) is 0 Å². The molecule has 1 aliphatic heterocycles. The first kappa shape index (κ1) is 23.0. The Morgan fingerprint density at radius 3 is 2.37 bits per heavy atom. The van der Waals surface area contributed by atoms with Gasteiger partial charge >= 0.3 is 0 Å². The normalized spacial score (nSPS) is 14.7. The van der Waals surface area contributed by atoms with E-state index < -0.39 is 0 Å². The fourth-order valence-corrected chi connectivity index (χ4v) is 4.19. The number of hydrogen-bond acceptors (Lipinski definition) is 8. The number of aromatic nitrogens is 5. The van der Waals surface area contributed by atoms with Crippen LogP contribution in [0.2, 0.25) is 0 Å². The minimum atomic E-state index is 0.574. The Morgan fingerprint density at radius 1 is 0.800 bits per heavy atom. The molecule has 0 aliphatic carbocycles. The Hall–Kier alpha value is -3.75. The molecule has 4 heterocycles. The molecule has 0 saturated carbocycles. The summed E-state index contributed by atoms with van der Waals surface area (Å²) in [6, 6.07) is 18.2. The van der Waals surface area contributed by atoms with Crippen LogP contribution in [-0.2, 0) is 13.0 Å². The second kappa shape index (κ2) is 10.7. The summed E-state index contributed by atoms with van der Waals surface area (Å²) in [7, 11) is 2.19. The number of hydrogen-bond donors (Lipinski definition) is 1. The number of nitrogens with zero attached hydrogens (tertiary/aromatic N) is 7. The van der Waals surface area contributed by atoms with Crippen LogP contribution in [0, 0.1) is 6.92 Å². The summed E-state index contributed by atoms with van der Waals surface area (Å²) in [5.41, 5.74) is 4.22. The van der Waals surface area contributed by atoms with Gasteiger partial charge in [-0.1, -0.05) is 30.3 Å². The van der Waals surface area contributed by atoms with Crippen LogP contribution >= 0.6 is 0 Å². The first-order valence-corrected chi connectivity index (χ1v) is 12.0. The van der Waals surface area contributed by atoms with Crippen LogP contribution < -0.4 is 5.32 Å². The molecule has 3 aromatic heterocycles. The van der Waals surface area contributed by atoms with Crippen LogP contribution in [-0.4, -0.2) is 67.9 Å². The molecule has 35 heavy (non-hydrogen) atoms. The number of nitrogens with one attached hydrogen (secondary N) is 1. The van der Waals surface area contributed by atoms with Crippen molar-refractivity contribution >= 4 is 11.6 Å². The average molecular weight is 467 g/mol. The first-order valence-electron chi connectivity index (χ1n) is 12.0. The third kappa shape index (κ3) is 6.23. The molecule has 0 spiro atoms. The Labute approximate surface area is 206 Å². The third-order valence-corrected chi connectivity index (χ3v) is 6.09. The fraction of sp³-hybridized carbons (Fsp3) is 0.296. The third-order valence-electron chi connectivity index (χ3n) is 6.09. The minimum Gasteiger partial charge on any atom is -0.325 e. The van der Waals surface area contributed by atoms with E-state index in [0.717, 1.165) is 49.9 Å². The summed E-state index contributed by atoms with van der Waals surface area (Å²) in [5, 5.41) is 3.28. The smallest absolute Gasteiger partial charge is 0.180 e. The van der Waals surface area contributed by atoms with Gasteiger partial charge in [0.25, 0.3) is 0 Å². The van der Waals surface area contributed by atoms with Gasteiger partial charge in [0.15, 0.2) is 5.82 Å². The molecule has 8 nitrogen and oxygen atoms in total. The molecule has 5 rings (SSSR count). The number of anilines is 2. The molecule has 0 radical (unpaired) electrons. The van der Waals surface area contributed by atoms with Crippen LogP contribution in [0.3, 0.4) is 0 Å². The molecule has 1 saturated heterocycles. The molecule has 0 unspecified atom stereocenters. The summed E-state index contributed by atoms with van der Waals surface area (Å²) in [6.07, 6.45) is 4.18. The monoisotopic (exact) mass is 466 g/mol. The predicted molar refractivity (Wildman–Crippen MR) is 137 cm³/mol. The highest BCUT2D eigenvalue weighted by Crippen LogP contribution is 2.18. The highest BCUT2D eigenvalue weighted by molar-refractivity contribution is 5.56. The number of pyridine rings is 1. The molecule has 0 atom stereocenters. The summed E-state index contributed by atoms with van der Waals surface area (Å²) in [6.45, 7) is 7.42. The lowest BCUT2D eigenvalue weighted by molar-refractivity contribution is 0.148. The van der Waals surface area contributed by atoms with Crippen molar-refractivity contribution in [3.05, 3.63) is 89.6 Å². The largest absolute Gasteiger partial charge is 0.325 e. The van der Waals surface area contributed by atoms with Gasteiger partial charge in [0.2, 0.25) is 0 Å². The van der Waals surface area contributed by atoms with Crippen molar-refractivity contribution in [3.63, 3.8) is 0 Å². The van der Waals surface area contributed by atoms with E-state index in [2.05, 4.69) is 66.4 Å². The second-order valence-electron chi connectivity index (χ2n) is 8.99. The van der Waals surface area contributed by atoms with Crippen molar-refractivity contribution in [3.8, 4) is 11.5 Å². The maximum Gasteiger partial charge on any atom is 0.180 e. The predicted octanol–water partition coefficient (Wildman–Crippen LogP) is 3.72. The standard InChI is InChI=1S/C27H30N8/c1-20-5-3-8-23(30-20)27-29-12-10-25(33-27)31-24-9-11-28-26(32-24)18-21-6-4-7-22(17-21)19-35-15-13-34(2)14-16-35/h3-12,17H,13-16,18-19H2,1-2H3,(H,28,29,31,32,33). The maximum absolute atomic E-state index is 4.72. The lowest BCUT2D eigenvalue weighted by atomic mass is 10.1. The number of rotatable bonds is 7. The molecule has 0 amide bonds. The summed E-state index contributed by atoms with van der Waals surface area (Å²) >= 11 is 0. The molecule has 1 aliphatic rings. The summed E-state index contributed by atoms with van der Waals surface area (Å²) < 4.78 is 0. The molecule has 178 valence electrons. The molecular formula is C27H30N8. The van der Waals surface area contributed by atoms with Crippen LogP contribution in [0.4, 0.5) is 11.6 Å². The lowest BCUT2D eigenvalue weighted by Crippen LogP contribution is -2.43. The molecule has 1 N–H and O–H groups in total. The van der Waals surface area contributed by atoms with E-state index in [-0.39, 0.29) is 0 Å². The molecule has 8 heteroatoms. The number of piperazine rings is 1. The Morgan fingerprint density at radius 2 is 1.54 bits per heavy atom. The maximum atomic E-state index is 4.72. The van der Waals surface area contributed by atoms with Gasteiger partial charge in [-0.05, 0) is 49.4 Å². The van der Waals surface area contributed by atoms with E-state index in [1.54, 1.807) is 12.4 Å². The zero-order valence-electron chi connectivity index (χ0n) is 20.2. The zero-order valence-corrected chi connectivity index (χ0v) is 20.2. The van der Waals surface area contributed by atoms with E-state index in [9.17, 15) is 0 Å². The van der Waals surface area contributed by atoms with Crippen molar-refractivity contribution in [2.45, 2.75) is 19.9 Å². The first-order chi connectivity index (χ1) is 17.1. The zero-order chi connectivity index (χ0) is 24.0. The van der Waals surface area contributed by atoms with Crippen LogP contribution in [0.5, 0.6) is 0 Å². The van der Waals surface area contributed by atoms with Gasteiger partial charge in [0, 0.05) is 57.2 Å². The van der Waals surface area contributed by atoms with E-state index in [0.29, 0.717) is 23.9 Å². The Balaban J connectivity index is 1.26. The number of aryl methyl sites for hydroxylation is 1. The van der Waals surface area contributed by atoms with Crippen LogP contribution in [0.25, 0.3) is 11.5 Å². The SMILES string of the molecule is Cc1cccc(-c2nccc(Nc3ccnc(Cc4cccc(CN5CCN(C)CC5)c4)n3)n2)n1. The highest BCUT2D eigenvalue weighted by atomic mass is 15.2. The molecule has 4 aromatic rings. The van der Waals surface area contributed by atoms with Gasteiger partial charge < -0.3 is 10.2 Å².